The Labute approximate surface area is 122 Å². The largest absolute Gasteiger partial charge is 0.394 e. The second-order valence-corrected chi connectivity index (χ2v) is 5.84. The van der Waals surface area contributed by atoms with Gasteiger partial charge in [-0.05, 0) is 31.6 Å². The predicted octanol–water partition coefficient (Wildman–Crippen LogP) is 1.32. The zero-order valence-corrected chi connectivity index (χ0v) is 11.8. The Bertz CT molecular complexity index is 639. The first kappa shape index (κ1) is 13.0. The number of aromatic nitrogens is 4. The van der Waals surface area contributed by atoms with Gasteiger partial charge in [0.05, 0.1) is 19.0 Å². The van der Waals surface area contributed by atoms with Crippen LogP contribution in [0.15, 0.2) is 12.7 Å². The SMILES string of the molecule is OCC1CC[C@H](n2cnc3c(NCC4CC4)ncnc32)O1. The minimum atomic E-state index is -0.0988. The molecule has 0 bridgehead atoms. The zero-order chi connectivity index (χ0) is 14.2. The number of aliphatic hydroxyl groups excluding tert-OH is 1. The third-order valence-electron chi connectivity index (χ3n) is 4.21. The van der Waals surface area contributed by atoms with Crippen LogP contribution >= 0.6 is 0 Å². The van der Waals surface area contributed by atoms with Crippen molar-refractivity contribution in [3.8, 4) is 0 Å². The summed E-state index contributed by atoms with van der Waals surface area (Å²) >= 11 is 0. The van der Waals surface area contributed by atoms with Crippen molar-refractivity contribution in [3.63, 3.8) is 0 Å². The number of nitrogens with one attached hydrogen (secondary N) is 1. The first-order valence-electron chi connectivity index (χ1n) is 7.53. The predicted molar refractivity (Wildman–Crippen MR) is 76.8 cm³/mol. The highest BCUT2D eigenvalue weighted by molar-refractivity contribution is 5.82. The first-order chi connectivity index (χ1) is 10.3. The Hall–Kier alpha value is -1.73. The number of aliphatic hydroxyl groups is 1. The highest BCUT2D eigenvalue weighted by Crippen LogP contribution is 2.32. The molecule has 2 aromatic rings. The molecule has 1 aliphatic carbocycles. The molecule has 4 rings (SSSR count). The molecule has 2 aromatic heterocycles. The molecule has 1 saturated carbocycles. The lowest BCUT2D eigenvalue weighted by molar-refractivity contribution is -0.0207. The minimum Gasteiger partial charge on any atom is -0.394 e. The normalized spacial score (nSPS) is 25.6. The minimum absolute atomic E-state index is 0.0618. The van der Waals surface area contributed by atoms with Gasteiger partial charge in [0.1, 0.15) is 12.6 Å². The van der Waals surface area contributed by atoms with Crippen LogP contribution in [0.25, 0.3) is 11.2 Å². The van der Waals surface area contributed by atoms with Crippen molar-refractivity contribution in [2.24, 2.45) is 5.92 Å². The molecular weight excluding hydrogens is 270 g/mol. The average Bonchev–Trinajstić information content (AvgIpc) is 3.05. The average molecular weight is 289 g/mol. The van der Waals surface area contributed by atoms with Gasteiger partial charge in [0.15, 0.2) is 17.0 Å². The summed E-state index contributed by atoms with van der Waals surface area (Å²) in [6, 6.07) is 0. The van der Waals surface area contributed by atoms with E-state index in [2.05, 4.69) is 20.3 Å². The highest BCUT2D eigenvalue weighted by Gasteiger charge is 2.28. The van der Waals surface area contributed by atoms with E-state index in [1.165, 1.54) is 12.8 Å². The van der Waals surface area contributed by atoms with Gasteiger partial charge < -0.3 is 15.2 Å². The molecule has 21 heavy (non-hydrogen) atoms. The van der Waals surface area contributed by atoms with Crippen LogP contribution in [0, 0.1) is 5.92 Å². The summed E-state index contributed by atoms with van der Waals surface area (Å²) in [5.41, 5.74) is 1.57. The topological polar surface area (TPSA) is 85.1 Å². The Balaban J connectivity index is 1.60. The molecule has 0 aromatic carbocycles. The van der Waals surface area contributed by atoms with E-state index in [9.17, 15) is 5.11 Å². The third kappa shape index (κ3) is 2.47. The highest BCUT2D eigenvalue weighted by atomic mass is 16.5. The molecular formula is C14H19N5O2. The van der Waals surface area contributed by atoms with E-state index in [1.807, 2.05) is 4.57 Å². The van der Waals surface area contributed by atoms with Gasteiger partial charge in [0.2, 0.25) is 0 Å². The summed E-state index contributed by atoms with van der Waals surface area (Å²) in [7, 11) is 0. The fraction of sp³-hybridized carbons (Fsp3) is 0.643. The Morgan fingerprint density at radius 1 is 1.24 bits per heavy atom. The summed E-state index contributed by atoms with van der Waals surface area (Å²) in [6.07, 6.45) is 7.47. The molecule has 7 nitrogen and oxygen atoms in total. The maximum absolute atomic E-state index is 9.18. The monoisotopic (exact) mass is 289 g/mol. The van der Waals surface area contributed by atoms with E-state index in [1.54, 1.807) is 12.7 Å². The van der Waals surface area contributed by atoms with E-state index in [0.29, 0.717) is 0 Å². The summed E-state index contributed by atoms with van der Waals surface area (Å²) in [5.74, 6) is 1.57. The fourth-order valence-corrected chi connectivity index (χ4v) is 2.78. The Kier molecular flexibility index (Phi) is 3.23. The summed E-state index contributed by atoms with van der Waals surface area (Å²) in [6.45, 7) is 1.01. The van der Waals surface area contributed by atoms with Crippen LogP contribution in [0.3, 0.4) is 0 Å². The molecule has 7 heteroatoms. The van der Waals surface area contributed by atoms with Crippen molar-refractivity contribution in [3.05, 3.63) is 12.7 Å². The van der Waals surface area contributed by atoms with E-state index >= 15 is 0 Å². The van der Waals surface area contributed by atoms with Crippen LogP contribution in [0.5, 0.6) is 0 Å². The molecule has 3 heterocycles. The molecule has 2 aliphatic rings. The molecule has 1 saturated heterocycles. The van der Waals surface area contributed by atoms with Crippen LogP contribution in [0.4, 0.5) is 5.82 Å². The zero-order valence-electron chi connectivity index (χ0n) is 11.8. The number of imidazole rings is 1. The summed E-state index contributed by atoms with van der Waals surface area (Å²) in [4.78, 5) is 13.1. The van der Waals surface area contributed by atoms with Gasteiger partial charge in [0.25, 0.3) is 0 Å². The molecule has 1 unspecified atom stereocenters. The molecule has 2 fully saturated rings. The number of anilines is 1. The smallest absolute Gasteiger partial charge is 0.167 e. The van der Waals surface area contributed by atoms with Gasteiger partial charge in [-0.15, -0.1) is 0 Å². The molecule has 2 N–H and O–H groups in total. The van der Waals surface area contributed by atoms with Gasteiger partial charge in [-0.1, -0.05) is 0 Å². The Morgan fingerprint density at radius 2 is 2.14 bits per heavy atom. The van der Waals surface area contributed by atoms with E-state index in [4.69, 9.17) is 4.74 Å². The van der Waals surface area contributed by atoms with Gasteiger partial charge in [0, 0.05) is 6.54 Å². The maximum Gasteiger partial charge on any atom is 0.167 e. The molecule has 0 amide bonds. The van der Waals surface area contributed by atoms with Crippen molar-refractivity contribution in [2.45, 2.75) is 38.0 Å². The molecule has 112 valence electrons. The van der Waals surface area contributed by atoms with Crippen molar-refractivity contribution in [2.75, 3.05) is 18.5 Å². The quantitative estimate of drug-likeness (QED) is 0.863. The standard InChI is InChI=1S/C14H19N5O2/c20-6-10-3-4-11(21-10)19-8-18-12-13(15-5-9-1-2-9)16-7-17-14(12)19/h7-11,20H,1-6H2,(H,15,16,17)/t10?,11-/m1/s1. The third-order valence-corrected chi connectivity index (χ3v) is 4.21. The molecule has 0 spiro atoms. The number of hydrogen-bond donors (Lipinski definition) is 2. The van der Waals surface area contributed by atoms with Crippen LogP contribution in [0.2, 0.25) is 0 Å². The number of ether oxygens (including phenoxy) is 1. The van der Waals surface area contributed by atoms with Gasteiger partial charge in [-0.25, -0.2) is 15.0 Å². The van der Waals surface area contributed by atoms with Crippen molar-refractivity contribution in [1.82, 2.24) is 19.5 Å². The van der Waals surface area contributed by atoms with E-state index < -0.39 is 0 Å². The Morgan fingerprint density at radius 3 is 2.90 bits per heavy atom. The number of nitrogens with zero attached hydrogens (tertiary/aromatic N) is 4. The second kappa shape index (κ2) is 5.23. The molecule has 2 atom stereocenters. The van der Waals surface area contributed by atoms with Crippen LogP contribution in [0.1, 0.15) is 31.9 Å². The summed E-state index contributed by atoms with van der Waals surface area (Å²) < 4.78 is 7.74. The lowest BCUT2D eigenvalue weighted by Crippen LogP contribution is -2.14. The van der Waals surface area contributed by atoms with Crippen molar-refractivity contribution in [1.29, 1.82) is 0 Å². The number of hydrogen-bond acceptors (Lipinski definition) is 6. The van der Waals surface area contributed by atoms with E-state index in [-0.39, 0.29) is 18.9 Å². The van der Waals surface area contributed by atoms with Crippen molar-refractivity contribution < 1.29 is 9.84 Å². The first-order valence-corrected chi connectivity index (χ1v) is 7.53. The number of fused-ring (bicyclic) bond motifs is 1. The number of rotatable bonds is 5. The van der Waals surface area contributed by atoms with Crippen molar-refractivity contribution >= 4 is 17.0 Å². The molecule has 1 aliphatic heterocycles. The van der Waals surface area contributed by atoms with Crippen LogP contribution < -0.4 is 5.32 Å². The lowest BCUT2D eigenvalue weighted by atomic mass is 10.2. The van der Waals surface area contributed by atoms with Crippen LogP contribution in [-0.2, 0) is 4.74 Å². The van der Waals surface area contributed by atoms with E-state index in [0.717, 1.165) is 42.3 Å². The fourth-order valence-electron chi connectivity index (χ4n) is 2.78. The van der Waals surface area contributed by atoms with Crippen LogP contribution in [-0.4, -0.2) is 43.9 Å². The second-order valence-electron chi connectivity index (χ2n) is 5.84. The lowest BCUT2D eigenvalue weighted by Gasteiger charge is -2.14. The maximum atomic E-state index is 9.18. The summed E-state index contributed by atoms with van der Waals surface area (Å²) in [5, 5.41) is 12.5. The van der Waals surface area contributed by atoms with Gasteiger partial charge in [-0.2, -0.15) is 0 Å². The van der Waals surface area contributed by atoms with Gasteiger partial charge >= 0.3 is 0 Å². The molecule has 0 radical (unpaired) electrons. The van der Waals surface area contributed by atoms with Gasteiger partial charge in [-0.3, -0.25) is 4.57 Å².